The molecule has 0 aromatic carbocycles. The van der Waals surface area contributed by atoms with Crippen molar-refractivity contribution in [3.05, 3.63) is 11.6 Å². The van der Waals surface area contributed by atoms with Gasteiger partial charge in [0.05, 0.1) is 31.5 Å². The number of allylic oxidation sites excluding steroid dienone is 2. The second-order valence-electron chi connectivity index (χ2n) is 23.4. The van der Waals surface area contributed by atoms with Gasteiger partial charge in [0.2, 0.25) is 0 Å². The Labute approximate surface area is 392 Å². The Morgan fingerprint density at radius 3 is 1.93 bits per heavy atom. The highest BCUT2D eigenvalue weighted by molar-refractivity contribution is 5.73. The number of hydrogen-bond acceptors (Lipinski definition) is 18. The average molecular weight is 959 g/mol. The molecule has 0 aromatic heterocycles. The molecule has 0 spiro atoms. The Morgan fingerprint density at radius 1 is 0.657 bits per heavy atom. The number of hydrogen-bond donors (Lipinski definition) is 12. The summed E-state index contributed by atoms with van der Waals surface area (Å²) in [6.07, 6.45) is -18.8. The van der Waals surface area contributed by atoms with Gasteiger partial charge in [-0.2, -0.15) is 0 Å². The van der Waals surface area contributed by atoms with E-state index in [2.05, 4.69) is 40.7 Å². The molecule has 0 radical (unpaired) electrons. The first-order valence-corrected chi connectivity index (χ1v) is 24.4. The van der Waals surface area contributed by atoms with Crippen molar-refractivity contribution in [1.29, 1.82) is 0 Å². The van der Waals surface area contributed by atoms with Crippen LogP contribution < -0.4 is 0 Å². The maximum Gasteiger partial charge on any atom is 0.335 e. The monoisotopic (exact) mass is 959 g/mol. The van der Waals surface area contributed by atoms with E-state index in [4.69, 9.17) is 28.4 Å². The average Bonchev–Trinajstić information content (AvgIpc) is 3.28. The molecule has 26 atom stereocenters. The van der Waals surface area contributed by atoms with Gasteiger partial charge in [-0.25, -0.2) is 4.79 Å². The third kappa shape index (κ3) is 8.01. The predicted octanol–water partition coefficient (Wildman–Crippen LogP) is -0.323. The van der Waals surface area contributed by atoms with Crippen molar-refractivity contribution in [1.82, 2.24) is 0 Å². The van der Waals surface area contributed by atoms with Crippen molar-refractivity contribution < 1.29 is 94.5 Å². The van der Waals surface area contributed by atoms with E-state index in [1.165, 1.54) is 12.5 Å². The summed E-state index contributed by atoms with van der Waals surface area (Å²) >= 11 is 0. The van der Waals surface area contributed by atoms with Gasteiger partial charge in [0.25, 0.3) is 0 Å². The van der Waals surface area contributed by atoms with Crippen LogP contribution in [0.3, 0.4) is 0 Å². The molecular formula is C48H78O19. The van der Waals surface area contributed by atoms with Crippen LogP contribution in [0.5, 0.6) is 0 Å². The zero-order valence-electron chi connectivity index (χ0n) is 39.8. The summed E-state index contributed by atoms with van der Waals surface area (Å²) in [5, 5.41) is 130. The van der Waals surface area contributed by atoms with E-state index in [9.17, 15) is 66.1 Å². The van der Waals surface area contributed by atoms with Gasteiger partial charge in [0.15, 0.2) is 25.0 Å². The van der Waals surface area contributed by atoms with E-state index in [0.717, 1.165) is 38.5 Å². The van der Waals surface area contributed by atoms with E-state index in [0.29, 0.717) is 19.3 Å². The molecule has 67 heavy (non-hydrogen) atoms. The summed E-state index contributed by atoms with van der Waals surface area (Å²) in [6.45, 7) is 13.6. The first-order valence-electron chi connectivity index (χ1n) is 24.4. The number of aliphatic hydroxyl groups excluding tert-OH is 11. The minimum atomic E-state index is -2.08. The molecule has 7 fully saturated rings. The molecule has 4 saturated carbocycles. The van der Waals surface area contributed by atoms with Gasteiger partial charge in [-0.05, 0) is 104 Å². The maximum absolute atomic E-state index is 12.5. The Balaban J connectivity index is 1.08. The van der Waals surface area contributed by atoms with Crippen LogP contribution in [0.4, 0.5) is 0 Å². The molecule has 0 aromatic rings. The molecule has 5 aliphatic carbocycles. The molecule has 19 heteroatoms. The number of carboxylic acid groups (broad SMARTS) is 1. The Morgan fingerprint density at radius 2 is 1.30 bits per heavy atom. The summed E-state index contributed by atoms with van der Waals surface area (Å²) in [5.74, 6) is -1.41. The lowest BCUT2D eigenvalue weighted by Crippen LogP contribution is -2.68. The molecule has 384 valence electrons. The number of aliphatic carboxylic acids is 1. The molecule has 0 unspecified atom stereocenters. The van der Waals surface area contributed by atoms with Crippen molar-refractivity contribution in [3.63, 3.8) is 0 Å². The van der Waals surface area contributed by atoms with Crippen LogP contribution in [0, 0.1) is 50.2 Å². The third-order valence-electron chi connectivity index (χ3n) is 19.8. The van der Waals surface area contributed by atoms with Crippen molar-refractivity contribution in [3.8, 4) is 0 Å². The molecule has 8 aliphatic rings. The molecule has 0 bridgehead atoms. The normalized spacial score (nSPS) is 56.7. The molecule has 19 nitrogen and oxygen atoms in total. The predicted molar refractivity (Wildman–Crippen MR) is 232 cm³/mol. The standard InChI is InChI=1S/C48H78O19/c1-21-29(53)31(55)35(59)40(62-21)66-37-32(56)30(54)24(18-49)63-41(37)67-38-34(58)33(57)36(39(60)61)65-42(38)64-28-11-12-45(4)25(46(28,5)20-51)10-13-48(7)26(45)9-8-22-23-16-43(2,19-50)17-27(52)44(23,3)14-15-47(22,48)6/h8,21,23-38,40-42,49-59H,9-20H2,1-7H3,(H,60,61)/t21-,23+,24-,25+,26-,27+,28-,29-,30+,31+,32+,33+,34+,35+,36+,37-,38-,40-,41+,42-,43+,44-,45+,46+,47-,48+/m0/s1. The van der Waals surface area contributed by atoms with E-state index in [-0.39, 0.29) is 58.0 Å². The fourth-order valence-electron chi connectivity index (χ4n) is 15.1. The van der Waals surface area contributed by atoms with Crippen LogP contribution in [0.2, 0.25) is 0 Å². The number of ether oxygens (including phenoxy) is 6. The minimum Gasteiger partial charge on any atom is -0.479 e. The zero-order chi connectivity index (χ0) is 49.1. The topological polar surface area (TPSA) is 315 Å². The first-order chi connectivity index (χ1) is 31.3. The number of rotatable bonds is 10. The van der Waals surface area contributed by atoms with Gasteiger partial charge in [0, 0.05) is 17.4 Å². The summed E-state index contributed by atoms with van der Waals surface area (Å²) in [4.78, 5) is 12.5. The van der Waals surface area contributed by atoms with Crippen LogP contribution in [0.1, 0.15) is 106 Å². The van der Waals surface area contributed by atoms with Crippen molar-refractivity contribution >= 4 is 5.97 Å². The van der Waals surface area contributed by atoms with Crippen molar-refractivity contribution in [2.75, 3.05) is 19.8 Å². The first kappa shape index (κ1) is 51.9. The molecule has 12 N–H and O–H groups in total. The van der Waals surface area contributed by atoms with E-state index < -0.39 is 122 Å². The van der Waals surface area contributed by atoms with Gasteiger partial charge in [0.1, 0.15) is 61.0 Å². The van der Waals surface area contributed by atoms with E-state index >= 15 is 0 Å². The van der Waals surface area contributed by atoms with E-state index in [1.54, 1.807) is 0 Å². The van der Waals surface area contributed by atoms with Gasteiger partial charge >= 0.3 is 5.97 Å². The van der Waals surface area contributed by atoms with Crippen molar-refractivity contribution in [2.24, 2.45) is 50.2 Å². The quantitative estimate of drug-likeness (QED) is 0.0986. The van der Waals surface area contributed by atoms with Crippen LogP contribution in [0.15, 0.2) is 11.6 Å². The number of fused-ring (bicyclic) bond motifs is 7. The number of carbonyl (C=O) groups is 1. The lowest BCUT2D eigenvalue weighted by Gasteiger charge is -2.72. The molecule has 3 heterocycles. The van der Waals surface area contributed by atoms with Crippen LogP contribution >= 0.6 is 0 Å². The van der Waals surface area contributed by atoms with Gasteiger partial charge < -0.3 is 89.7 Å². The largest absolute Gasteiger partial charge is 0.479 e. The fourth-order valence-corrected chi connectivity index (χ4v) is 15.1. The maximum atomic E-state index is 12.5. The summed E-state index contributed by atoms with van der Waals surface area (Å²) in [5.41, 5.74) is -0.887. The lowest BCUT2D eigenvalue weighted by molar-refractivity contribution is -0.396. The molecular weight excluding hydrogens is 881 g/mol. The second-order valence-corrected chi connectivity index (χ2v) is 23.4. The molecule has 8 rings (SSSR count). The summed E-state index contributed by atoms with van der Waals surface area (Å²) in [7, 11) is 0. The second kappa shape index (κ2) is 18.2. The van der Waals surface area contributed by atoms with Crippen LogP contribution in [0.25, 0.3) is 0 Å². The molecule has 3 aliphatic heterocycles. The highest BCUT2D eigenvalue weighted by atomic mass is 16.8. The third-order valence-corrected chi connectivity index (χ3v) is 19.8. The zero-order valence-corrected chi connectivity index (χ0v) is 39.8. The van der Waals surface area contributed by atoms with Crippen molar-refractivity contribution in [2.45, 2.75) is 211 Å². The van der Waals surface area contributed by atoms with Gasteiger partial charge in [-0.15, -0.1) is 0 Å². The number of aliphatic hydroxyl groups is 11. The smallest absolute Gasteiger partial charge is 0.335 e. The van der Waals surface area contributed by atoms with Crippen LogP contribution in [-0.4, -0.2) is 191 Å². The Kier molecular flexibility index (Phi) is 14.1. The lowest BCUT2D eigenvalue weighted by atomic mass is 9.33. The highest BCUT2D eigenvalue weighted by Crippen LogP contribution is 2.76. The van der Waals surface area contributed by atoms with E-state index in [1.807, 2.05) is 6.92 Å². The summed E-state index contributed by atoms with van der Waals surface area (Å²) < 4.78 is 36.2. The molecule has 0 amide bonds. The van der Waals surface area contributed by atoms with Gasteiger partial charge in [-0.1, -0.05) is 53.2 Å². The Bertz CT molecular complexity index is 1840. The highest BCUT2D eigenvalue weighted by Gasteiger charge is 2.70. The van der Waals surface area contributed by atoms with Gasteiger partial charge in [-0.3, -0.25) is 0 Å². The van der Waals surface area contributed by atoms with Crippen LogP contribution in [-0.2, 0) is 33.2 Å². The molecule has 3 saturated heterocycles. The minimum absolute atomic E-state index is 0.0116. The summed E-state index contributed by atoms with van der Waals surface area (Å²) in [6, 6.07) is 0. The Hall–Kier alpha value is -1.47. The fraction of sp³-hybridized carbons (Fsp3) is 0.938. The number of carboxylic acids is 1. The SMILES string of the molecule is C[C@@H]1O[C@@H](O[C@@H]2[C@@H](O[C@@H]3[C@@H](O[C@H]4CC[C@]5(C)[C@@H](CC[C@]6(C)[C@H]5CC=C5[C@H]7C[C@@](C)(CO)C[C@@H](O)[C@@]7(C)CC[C@@]56C)[C@@]4(C)CO)O[C@@H](C(=O)O)[C@H](O)[C@H]3O)O[C@@H](CO)[C@@H](O)[C@H]2O)[C@H](O)[C@H](O)[C@H]1O.